The van der Waals surface area contributed by atoms with Gasteiger partial charge in [0.15, 0.2) is 0 Å². The molecule has 0 fully saturated rings. The van der Waals surface area contributed by atoms with E-state index in [4.69, 9.17) is 0 Å². The van der Waals surface area contributed by atoms with Gasteiger partial charge in [-0.2, -0.15) is 0 Å². The average Bonchev–Trinajstić information content (AvgIpc) is 2.27. The summed E-state index contributed by atoms with van der Waals surface area (Å²) in [4.78, 5) is 0. The topological polar surface area (TPSA) is 12.0 Å². The lowest BCUT2D eigenvalue weighted by Crippen LogP contribution is -2.21. The van der Waals surface area contributed by atoms with Gasteiger partial charge in [0, 0.05) is 6.04 Å². The van der Waals surface area contributed by atoms with E-state index >= 15 is 0 Å². The number of hydrogen-bond acceptors (Lipinski definition) is 1. The zero-order valence-electron chi connectivity index (χ0n) is 13.8. The van der Waals surface area contributed by atoms with E-state index in [2.05, 4.69) is 72.1 Å². The number of rotatable bonds is 5. The lowest BCUT2D eigenvalue weighted by Gasteiger charge is -2.27. The zero-order valence-corrected chi connectivity index (χ0v) is 13.8. The normalized spacial score (nSPS) is 15.3. The van der Waals surface area contributed by atoms with Crippen molar-refractivity contribution in [3.63, 3.8) is 0 Å². The van der Waals surface area contributed by atoms with Gasteiger partial charge < -0.3 is 5.32 Å². The van der Waals surface area contributed by atoms with Gasteiger partial charge in [0.25, 0.3) is 0 Å². The fourth-order valence-corrected chi connectivity index (χ4v) is 2.93. The fourth-order valence-electron chi connectivity index (χ4n) is 2.93. The molecule has 0 saturated heterocycles. The van der Waals surface area contributed by atoms with Crippen LogP contribution in [0.4, 0.5) is 0 Å². The van der Waals surface area contributed by atoms with Crippen molar-refractivity contribution in [3.8, 4) is 0 Å². The first-order chi connectivity index (χ1) is 8.73. The van der Waals surface area contributed by atoms with Crippen LogP contribution in [0.3, 0.4) is 0 Å². The van der Waals surface area contributed by atoms with Crippen LogP contribution in [-0.4, -0.2) is 7.05 Å². The zero-order chi connectivity index (χ0) is 14.6. The molecule has 0 heterocycles. The quantitative estimate of drug-likeness (QED) is 0.784. The van der Waals surface area contributed by atoms with Crippen LogP contribution >= 0.6 is 0 Å². The smallest absolute Gasteiger partial charge is 0.0320 e. The Morgan fingerprint density at radius 3 is 2.21 bits per heavy atom. The Kier molecular flexibility index (Phi) is 5.61. The highest BCUT2D eigenvalue weighted by molar-refractivity contribution is 5.31. The largest absolute Gasteiger partial charge is 0.313 e. The molecule has 1 aromatic rings. The first-order valence-electron chi connectivity index (χ1n) is 7.47. The van der Waals surface area contributed by atoms with Gasteiger partial charge in [0.2, 0.25) is 0 Å². The van der Waals surface area contributed by atoms with Gasteiger partial charge in [-0.1, -0.05) is 45.9 Å². The Bertz CT molecular complexity index is 401. The highest BCUT2D eigenvalue weighted by Crippen LogP contribution is 2.30. The van der Waals surface area contributed by atoms with Gasteiger partial charge >= 0.3 is 0 Å². The predicted octanol–water partition coefficient (Wildman–Crippen LogP) is 5.03. The van der Waals surface area contributed by atoms with Crippen LogP contribution in [0.25, 0.3) is 0 Å². The van der Waals surface area contributed by atoms with Crippen LogP contribution in [0, 0.1) is 25.2 Å². The fraction of sp³-hybridized carbons (Fsp3) is 0.667. The maximum atomic E-state index is 3.48. The molecule has 1 nitrogen and oxygen atoms in total. The summed E-state index contributed by atoms with van der Waals surface area (Å²) >= 11 is 0. The summed E-state index contributed by atoms with van der Waals surface area (Å²) in [5.41, 5.74) is 4.61. The monoisotopic (exact) mass is 261 g/mol. The molecule has 108 valence electrons. The molecule has 0 saturated carbocycles. The van der Waals surface area contributed by atoms with Crippen molar-refractivity contribution in [1.29, 1.82) is 0 Å². The molecular weight excluding hydrogens is 230 g/mol. The molecule has 2 unspecified atom stereocenters. The van der Waals surface area contributed by atoms with Gasteiger partial charge in [-0.05, 0) is 61.8 Å². The average molecular weight is 261 g/mol. The SMILES string of the molecule is CNC(CC(C)CC(C)(C)C)c1ccc(C)c(C)c1. The molecule has 0 bridgehead atoms. The maximum Gasteiger partial charge on any atom is 0.0320 e. The second-order valence-electron chi connectivity index (χ2n) is 7.29. The van der Waals surface area contributed by atoms with Crippen LogP contribution in [0.2, 0.25) is 0 Å². The van der Waals surface area contributed by atoms with Crippen LogP contribution in [0.5, 0.6) is 0 Å². The van der Waals surface area contributed by atoms with Crippen molar-refractivity contribution in [2.45, 2.75) is 60.4 Å². The summed E-state index contributed by atoms with van der Waals surface area (Å²) in [6.07, 6.45) is 2.48. The molecule has 2 atom stereocenters. The van der Waals surface area contributed by atoms with E-state index < -0.39 is 0 Å². The third-order valence-electron chi connectivity index (χ3n) is 3.88. The first-order valence-corrected chi connectivity index (χ1v) is 7.47. The van der Waals surface area contributed by atoms with E-state index in [-0.39, 0.29) is 0 Å². The molecule has 0 aliphatic heterocycles. The van der Waals surface area contributed by atoms with E-state index in [9.17, 15) is 0 Å². The molecule has 0 amide bonds. The van der Waals surface area contributed by atoms with Gasteiger partial charge in [0.05, 0.1) is 0 Å². The third kappa shape index (κ3) is 5.36. The Morgan fingerprint density at radius 1 is 1.11 bits per heavy atom. The molecule has 1 aromatic carbocycles. The summed E-state index contributed by atoms with van der Waals surface area (Å²) in [6.45, 7) is 13.7. The molecule has 0 spiro atoms. The molecule has 19 heavy (non-hydrogen) atoms. The van der Waals surface area contributed by atoms with Gasteiger partial charge in [-0.25, -0.2) is 0 Å². The Hall–Kier alpha value is -0.820. The molecule has 1 heteroatoms. The Morgan fingerprint density at radius 2 is 1.74 bits per heavy atom. The molecule has 0 aromatic heterocycles. The van der Waals surface area contributed by atoms with E-state index in [1.807, 2.05) is 0 Å². The summed E-state index contributed by atoms with van der Waals surface area (Å²) in [5.74, 6) is 0.735. The molecule has 0 aliphatic rings. The van der Waals surface area contributed by atoms with Crippen molar-refractivity contribution < 1.29 is 0 Å². The standard InChI is InChI=1S/C18H31N/c1-13(12-18(4,5)6)10-17(19-7)16-9-8-14(2)15(3)11-16/h8-9,11,13,17,19H,10,12H2,1-7H3. The lowest BCUT2D eigenvalue weighted by atomic mass is 9.82. The lowest BCUT2D eigenvalue weighted by molar-refractivity contribution is 0.279. The Labute approximate surface area is 119 Å². The summed E-state index contributed by atoms with van der Waals surface area (Å²) in [6, 6.07) is 7.31. The molecule has 0 aliphatic carbocycles. The van der Waals surface area contributed by atoms with E-state index in [0.29, 0.717) is 11.5 Å². The van der Waals surface area contributed by atoms with Crippen molar-refractivity contribution in [2.24, 2.45) is 11.3 Å². The Balaban J connectivity index is 2.75. The van der Waals surface area contributed by atoms with Crippen LogP contribution < -0.4 is 5.32 Å². The van der Waals surface area contributed by atoms with Crippen molar-refractivity contribution in [2.75, 3.05) is 7.05 Å². The van der Waals surface area contributed by atoms with Gasteiger partial charge in [0.1, 0.15) is 0 Å². The van der Waals surface area contributed by atoms with Crippen molar-refractivity contribution >= 4 is 0 Å². The van der Waals surface area contributed by atoms with Crippen molar-refractivity contribution in [1.82, 2.24) is 5.32 Å². The third-order valence-corrected chi connectivity index (χ3v) is 3.88. The summed E-state index contributed by atoms with van der Waals surface area (Å²) < 4.78 is 0. The minimum Gasteiger partial charge on any atom is -0.313 e. The minimum absolute atomic E-state index is 0.418. The van der Waals surface area contributed by atoms with Gasteiger partial charge in [-0.15, -0.1) is 0 Å². The maximum absolute atomic E-state index is 3.48. The summed E-state index contributed by atoms with van der Waals surface area (Å²) in [5, 5.41) is 3.48. The van der Waals surface area contributed by atoms with E-state index in [0.717, 1.165) is 5.92 Å². The van der Waals surface area contributed by atoms with Crippen molar-refractivity contribution in [3.05, 3.63) is 34.9 Å². The summed E-state index contributed by atoms with van der Waals surface area (Å²) in [7, 11) is 2.07. The van der Waals surface area contributed by atoms with Crippen LogP contribution in [0.15, 0.2) is 18.2 Å². The molecule has 0 radical (unpaired) electrons. The number of benzene rings is 1. The molecular formula is C18H31N. The highest BCUT2D eigenvalue weighted by Gasteiger charge is 2.19. The second kappa shape index (κ2) is 6.56. The molecule has 1 rings (SSSR count). The number of nitrogens with one attached hydrogen (secondary N) is 1. The number of hydrogen-bond donors (Lipinski definition) is 1. The van der Waals surface area contributed by atoms with E-state index in [1.165, 1.54) is 29.5 Å². The highest BCUT2D eigenvalue weighted by atomic mass is 14.9. The first kappa shape index (κ1) is 16.2. The van der Waals surface area contributed by atoms with Crippen LogP contribution in [-0.2, 0) is 0 Å². The second-order valence-corrected chi connectivity index (χ2v) is 7.29. The minimum atomic E-state index is 0.418. The number of aryl methyl sites for hydroxylation is 2. The molecule has 1 N–H and O–H groups in total. The predicted molar refractivity (Wildman–Crippen MR) is 85.6 cm³/mol. The van der Waals surface area contributed by atoms with Crippen LogP contribution in [0.1, 0.15) is 63.3 Å². The van der Waals surface area contributed by atoms with E-state index in [1.54, 1.807) is 0 Å². The van der Waals surface area contributed by atoms with Gasteiger partial charge in [-0.3, -0.25) is 0 Å².